The van der Waals surface area contributed by atoms with Crippen molar-refractivity contribution in [3.63, 3.8) is 0 Å². The molecule has 4 nitrogen and oxygen atoms in total. The van der Waals surface area contributed by atoms with Gasteiger partial charge in [-0.3, -0.25) is 9.59 Å². The largest absolute Gasteiger partial charge is 0.468 e. The third kappa shape index (κ3) is 2.66. The van der Waals surface area contributed by atoms with Crippen molar-refractivity contribution in [2.45, 2.75) is 6.92 Å². The lowest BCUT2D eigenvalue weighted by molar-refractivity contribution is -0.143. The summed E-state index contributed by atoms with van der Waals surface area (Å²) < 4.78 is 5.16. The SMILES string of the molecule is COC(=O)C(C)C(=O)c1nc2ccccc2cc1Br. The van der Waals surface area contributed by atoms with Crippen LogP contribution in [0.25, 0.3) is 10.9 Å². The summed E-state index contributed by atoms with van der Waals surface area (Å²) >= 11 is 3.32. The number of methoxy groups -OCH3 is 1. The maximum Gasteiger partial charge on any atom is 0.316 e. The Bertz CT molecular complexity index is 654. The number of para-hydroxylation sites is 1. The average Bonchev–Trinajstić information content (AvgIpc) is 2.44. The maximum atomic E-state index is 12.2. The zero-order chi connectivity index (χ0) is 14.0. The first-order chi connectivity index (χ1) is 9.04. The van der Waals surface area contributed by atoms with E-state index in [4.69, 9.17) is 0 Å². The Kier molecular flexibility index (Phi) is 3.95. The second-order valence-corrected chi connectivity index (χ2v) is 4.97. The van der Waals surface area contributed by atoms with E-state index >= 15 is 0 Å². The van der Waals surface area contributed by atoms with Gasteiger partial charge in [-0.05, 0) is 35.0 Å². The molecule has 0 saturated heterocycles. The molecule has 1 unspecified atom stereocenters. The zero-order valence-electron chi connectivity index (χ0n) is 10.5. The fourth-order valence-electron chi connectivity index (χ4n) is 1.75. The van der Waals surface area contributed by atoms with Crippen LogP contribution in [-0.4, -0.2) is 23.8 Å². The number of pyridine rings is 1. The van der Waals surface area contributed by atoms with Crippen LogP contribution in [-0.2, 0) is 9.53 Å². The van der Waals surface area contributed by atoms with Crippen LogP contribution in [0.3, 0.4) is 0 Å². The Morgan fingerprint density at radius 3 is 2.68 bits per heavy atom. The van der Waals surface area contributed by atoms with E-state index in [0.29, 0.717) is 9.99 Å². The minimum Gasteiger partial charge on any atom is -0.468 e. The van der Waals surface area contributed by atoms with E-state index in [2.05, 4.69) is 25.7 Å². The number of halogens is 1. The predicted molar refractivity (Wildman–Crippen MR) is 75.0 cm³/mol. The Hall–Kier alpha value is -1.75. The number of carbonyl (C=O) groups is 2. The molecule has 1 aromatic carbocycles. The van der Waals surface area contributed by atoms with Crippen molar-refractivity contribution in [3.8, 4) is 0 Å². The number of Topliss-reactive ketones (excluding diaryl/α,β-unsaturated/α-hetero) is 1. The van der Waals surface area contributed by atoms with Crippen molar-refractivity contribution in [1.29, 1.82) is 0 Å². The molecule has 2 aromatic rings. The lowest BCUT2D eigenvalue weighted by Crippen LogP contribution is -2.23. The molecule has 19 heavy (non-hydrogen) atoms. The van der Waals surface area contributed by atoms with E-state index in [0.717, 1.165) is 5.39 Å². The molecular weight excluding hydrogens is 310 g/mol. The number of aromatic nitrogens is 1. The van der Waals surface area contributed by atoms with Crippen LogP contribution in [0.1, 0.15) is 17.4 Å². The van der Waals surface area contributed by atoms with Crippen LogP contribution in [0.5, 0.6) is 0 Å². The van der Waals surface area contributed by atoms with E-state index in [9.17, 15) is 9.59 Å². The summed E-state index contributed by atoms with van der Waals surface area (Å²) in [5.74, 6) is -1.79. The Balaban J connectivity index is 2.47. The standard InChI is InChI=1S/C14H12BrNO3/c1-8(14(18)19-2)13(17)12-10(15)7-9-5-3-4-6-11(9)16-12/h3-8H,1-2H3. The molecule has 0 fully saturated rings. The molecule has 0 saturated carbocycles. The Morgan fingerprint density at radius 2 is 2.00 bits per heavy atom. The van der Waals surface area contributed by atoms with Gasteiger partial charge in [-0.2, -0.15) is 0 Å². The van der Waals surface area contributed by atoms with Gasteiger partial charge in [0.1, 0.15) is 11.6 Å². The fraction of sp³-hybridized carbons (Fsp3) is 0.214. The minimum absolute atomic E-state index is 0.247. The number of nitrogens with zero attached hydrogens (tertiary/aromatic N) is 1. The summed E-state index contributed by atoms with van der Waals surface area (Å²) in [5, 5.41) is 0.927. The van der Waals surface area contributed by atoms with Gasteiger partial charge in [0.15, 0.2) is 5.78 Å². The molecule has 0 N–H and O–H groups in total. The van der Waals surface area contributed by atoms with Gasteiger partial charge < -0.3 is 4.74 Å². The third-order valence-electron chi connectivity index (χ3n) is 2.86. The number of esters is 1. The molecule has 0 amide bonds. The average molecular weight is 322 g/mol. The molecule has 1 heterocycles. The maximum absolute atomic E-state index is 12.2. The van der Waals surface area contributed by atoms with Crippen molar-refractivity contribution in [3.05, 3.63) is 40.5 Å². The van der Waals surface area contributed by atoms with Crippen molar-refractivity contribution in [2.24, 2.45) is 5.92 Å². The number of hydrogen-bond donors (Lipinski definition) is 0. The molecule has 0 aliphatic carbocycles. The zero-order valence-corrected chi connectivity index (χ0v) is 12.1. The summed E-state index contributed by atoms with van der Waals surface area (Å²) in [6, 6.07) is 9.29. The van der Waals surface area contributed by atoms with Gasteiger partial charge in [0.25, 0.3) is 0 Å². The van der Waals surface area contributed by atoms with Crippen LogP contribution >= 0.6 is 15.9 Å². The van der Waals surface area contributed by atoms with Crippen LogP contribution in [0.15, 0.2) is 34.8 Å². The Morgan fingerprint density at radius 1 is 1.32 bits per heavy atom. The molecule has 2 rings (SSSR count). The molecule has 5 heteroatoms. The van der Waals surface area contributed by atoms with E-state index < -0.39 is 11.9 Å². The van der Waals surface area contributed by atoms with Crippen molar-refractivity contribution in [1.82, 2.24) is 4.98 Å². The van der Waals surface area contributed by atoms with Crippen LogP contribution in [0.4, 0.5) is 0 Å². The summed E-state index contributed by atoms with van der Waals surface area (Å²) in [6.45, 7) is 1.51. The van der Waals surface area contributed by atoms with E-state index in [1.807, 2.05) is 30.3 Å². The van der Waals surface area contributed by atoms with Crippen LogP contribution in [0.2, 0.25) is 0 Å². The molecule has 98 valence electrons. The van der Waals surface area contributed by atoms with Crippen molar-refractivity contribution < 1.29 is 14.3 Å². The highest BCUT2D eigenvalue weighted by molar-refractivity contribution is 9.10. The normalized spacial score (nSPS) is 12.2. The molecule has 0 bridgehead atoms. The van der Waals surface area contributed by atoms with Gasteiger partial charge >= 0.3 is 5.97 Å². The number of rotatable bonds is 3. The highest BCUT2D eigenvalue weighted by Gasteiger charge is 2.26. The number of ether oxygens (including phenoxy) is 1. The quantitative estimate of drug-likeness (QED) is 0.495. The fourth-order valence-corrected chi connectivity index (χ4v) is 2.28. The monoisotopic (exact) mass is 321 g/mol. The Labute approximate surface area is 118 Å². The molecule has 0 spiro atoms. The summed E-state index contributed by atoms with van der Waals surface area (Å²) in [5.41, 5.74) is 0.961. The second kappa shape index (κ2) is 5.48. The summed E-state index contributed by atoms with van der Waals surface area (Å²) in [7, 11) is 1.26. The van der Waals surface area contributed by atoms with Gasteiger partial charge in [0.05, 0.1) is 12.6 Å². The topological polar surface area (TPSA) is 56.3 Å². The van der Waals surface area contributed by atoms with Crippen LogP contribution in [0, 0.1) is 5.92 Å². The van der Waals surface area contributed by atoms with Gasteiger partial charge in [-0.1, -0.05) is 18.2 Å². The second-order valence-electron chi connectivity index (χ2n) is 4.12. The van der Waals surface area contributed by atoms with E-state index in [1.54, 1.807) is 0 Å². The highest BCUT2D eigenvalue weighted by atomic mass is 79.9. The number of ketones is 1. The molecule has 1 atom stereocenters. The smallest absolute Gasteiger partial charge is 0.316 e. The lowest BCUT2D eigenvalue weighted by atomic mass is 10.0. The number of hydrogen-bond acceptors (Lipinski definition) is 4. The predicted octanol–water partition coefficient (Wildman–Crippen LogP) is 2.99. The third-order valence-corrected chi connectivity index (χ3v) is 3.46. The molecule has 0 aliphatic rings. The number of carbonyl (C=O) groups excluding carboxylic acids is 2. The highest BCUT2D eigenvalue weighted by Crippen LogP contribution is 2.23. The summed E-state index contributed by atoms with van der Waals surface area (Å²) in [4.78, 5) is 27.9. The van der Waals surface area contributed by atoms with Crippen molar-refractivity contribution >= 4 is 38.6 Å². The molecule has 0 aliphatic heterocycles. The van der Waals surface area contributed by atoms with Crippen molar-refractivity contribution in [2.75, 3.05) is 7.11 Å². The molecule has 1 aromatic heterocycles. The van der Waals surface area contributed by atoms with Gasteiger partial charge in [-0.15, -0.1) is 0 Å². The van der Waals surface area contributed by atoms with Gasteiger partial charge in [0, 0.05) is 9.86 Å². The first-order valence-electron chi connectivity index (χ1n) is 5.72. The van der Waals surface area contributed by atoms with Crippen LogP contribution < -0.4 is 0 Å². The molecule has 0 radical (unpaired) electrons. The van der Waals surface area contributed by atoms with E-state index in [1.165, 1.54) is 14.0 Å². The van der Waals surface area contributed by atoms with Gasteiger partial charge in [-0.25, -0.2) is 4.98 Å². The number of benzene rings is 1. The first kappa shape index (κ1) is 13.7. The molecular formula is C14H12BrNO3. The lowest BCUT2D eigenvalue weighted by Gasteiger charge is -2.09. The minimum atomic E-state index is -0.866. The summed E-state index contributed by atoms with van der Waals surface area (Å²) in [6.07, 6.45) is 0. The number of fused-ring (bicyclic) bond motifs is 1. The first-order valence-corrected chi connectivity index (χ1v) is 6.51. The van der Waals surface area contributed by atoms with E-state index in [-0.39, 0.29) is 11.5 Å². The van der Waals surface area contributed by atoms with Gasteiger partial charge in [0.2, 0.25) is 0 Å².